The first-order valence-electron chi connectivity index (χ1n) is 7.52. The Balaban J connectivity index is 1.65. The Hall–Kier alpha value is -0.940. The van der Waals surface area contributed by atoms with Crippen molar-refractivity contribution < 1.29 is 14.9 Å². The molecule has 2 N–H and O–H groups in total. The lowest BCUT2D eigenvalue weighted by molar-refractivity contribution is -0.0407. The largest absolute Gasteiger partial charge is 0.394 e. The highest BCUT2D eigenvalue weighted by atomic mass is 16.5. The molecule has 2 aliphatic rings. The van der Waals surface area contributed by atoms with E-state index in [2.05, 4.69) is 11.0 Å². The van der Waals surface area contributed by atoms with Crippen LogP contribution in [0.15, 0.2) is 24.3 Å². The van der Waals surface area contributed by atoms with Crippen molar-refractivity contribution in [3.8, 4) is 0 Å². The maximum Gasteiger partial charge on any atom is 0.0951 e. The van der Waals surface area contributed by atoms with E-state index in [1.54, 1.807) is 0 Å². The minimum atomic E-state index is -0.386. The molecule has 0 unspecified atom stereocenters. The van der Waals surface area contributed by atoms with Gasteiger partial charge in [0.15, 0.2) is 0 Å². The predicted molar refractivity (Wildman–Crippen MR) is 76.5 cm³/mol. The molecule has 3 rings (SSSR count). The molecule has 1 heterocycles. The standard InChI is InChI=1S/C16H23NO3/c18-8-9-20-13-5-3-7-17(11-13)15-10-12-4-1-2-6-14(12)16(15)19/h1-2,4,6,13,15-16,18-19H,3,5,7-11H2/t13-,15+,16+/m1/s1. The number of hydrogen-bond acceptors (Lipinski definition) is 4. The molecule has 3 atom stereocenters. The summed E-state index contributed by atoms with van der Waals surface area (Å²) in [5.41, 5.74) is 2.35. The van der Waals surface area contributed by atoms with Crippen molar-refractivity contribution in [2.75, 3.05) is 26.3 Å². The van der Waals surface area contributed by atoms with Crippen LogP contribution in [0.25, 0.3) is 0 Å². The maximum atomic E-state index is 10.5. The van der Waals surface area contributed by atoms with E-state index in [4.69, 9.17) is 9.84 Å². The van der Waals surface area contributed by atoms with Crippen LogP contribution >= 0.6 is 0 Å². The average molecular weight is 277 g/mol. The summed E-state index contributed by atoms with van der Waals surface area (Å²) in [5.74, 6) is 0. The van der Waals surface area contributed by atoms with E-state index in [0.29, 0.717) is 6.61 Å². The molecule has 0 saturated carbocycles. The predicted octanol–water partition coefficient (Wildman–Crippen LogP) is 1.12. The molecule has 0 aromatic heterocycles. The quantitative estimate of drug-likeness (QED) is 0.866. The molecule has 0 radical (unpaired) electrons. The molecule has 1 fully saturated rings. The van der Waals surface area contributed by atoms with Gasteiger partial charge in [-0.05, 0) is 36.9 Å². The zero-order chi connectivity index (χ0) is 13.9. The summed E-state index contributed by atoms with van der Waals surface area (Å²) in [4.78, 5) is 2.36. The summed E-state index contributed by atoms with van der Waals surface area (Å²) in [6.07, 6.45) is 2.86. The van der Waals surface area contributed by atoms with Crippen LogP contribution in [0.5, 0.6) is 0 Å². The first-order valence-corrected chi connectivity index (χ1v) is 7.52. The van der Waals surface area contributed by atoms with Crippen LogP contribution in [0.2, 0.25) is 0 Å². The smallest absolute Gasteiger partial charge is 0.0951 e. The van der Waals surface area contributed by atoms with E-state index in [1.165, 1.54) is 5.56 Å². The minimum absolute atomic E-state index is 0.0774. The van der Waals surface area contributed by atoms with Crippen molar-refractivity contribution in [1.29, 1.82) is 0 Å². The van der Waals surface area contributed by atoms with E-state index < -0.39 is 0 Å². The molecular formula is C16H23NO3. The van der Waals surface area contributed by atoms with Crippen molar-refractivity contribution in [3.63, 3.8) is 0 Å². The second-order valence-electron chi connectivity index (χ2n) is 5.77. The zero-order valence-electron chi connectivity index (χ0n) is 11.7. The molecule has 1 aromatic carbocycles. The van der Waals surface area contributed by atoms with E-state index in [0.717, 1.165) is 37.9 Å². The van der Waals surface area contributed by atoms with Crippen LogP contribution in [0.4, 0.5) is 0 Å². The summed E-state index contributed by atoms with van der Waals surface area (Å²) in [6.45, 7) is 2.37. The SMILES string of the molecule is OCCO[C@@H]1CCCN([C@H]2Cc3ccccc3[C@@H]2O)C1. The van der Waals surface area contributed by atoms with Crippen molar-refractivity contribution in [2.45, 2.75) is 37.5 Å². The van der Waals surface area contributed by atoms with Gasteiger partial charge in [-0.25, -0.2) is 0 Å². The number of aliphatic hydroxyl groups excluding tert-OH is 2. The molecule has 4 nitrogen and oxygen atoms in total. The van der Waals surface area contributed by atoms with Crippen LogP contribution in [-0.4, -0.2) is 53.6 Å². The number of benzene rings is 1. The molecule has 0 bridgehead atoms. The second-order valence-corrected chi connectivity index (χ2v) is 5.77. The third-order valence-corrected chi connectivity index (χ3v) is 4.49. The number of fused-ring (bicyclic) bond motifs is 1. The van der Waals surface area contributed by atoms with Crippen LogP contribution in [0.3, 0.4) is 0 Å². The molecular weight excluding hydrogens is 254 g/mol. The van der Waals surface area contributed by atoms with E-state index in [1.807, 2.05) is 18.2 Å². The van der Waals surface area contributed by atoms with E-state index in [-0.39, 0.29) is 24.9 Å². The maximum absolute atomic E-state index is 10.5. The summed E-state index contributed by atoms with van der Waals surface area (Å²) in [6, 6.07) is 8.35. The fraction of sp³-hybridized carbons (Fsp3) is 0.625. The lowest BCUT2D eigenvalue weighted by atomic mass is 10.0. The summed E-state index contributed by atoms with van der Waals surface area (Å²) < 4.78 is 5.66. The minimum Gasteiger partial charge on any atom is -0.394 e. The number of rotatable bonds is 4. The molecule has 0 amide bonds. The fourth-order valence-corrected chi connectivity index (χ4v) is 3.50. The van der Waals surface area contributed by atoms with Gasteiger partial charge in [-0.2, -0.15) is 0 Å². The van der Waals surface area contributed by atoms with Gasteiger partial charge >= 0.3 is 0 Å². The van der Waals surface area contributed by atoms with Crippen molar-refractivity contribution in [2.24, 2.45) is 0 Å². The van der Waals surface area contributed by atoms with Crippen molar-refractivity contribution in [1.82, 2.24) is 4.90 Å². The van der Waals surface area contributed by atoms with Gasteiger partial charge in [0.25, 0.3) is 0 Å². The van der Waals surface area contributed by atoms with Gasteiger partial charge < -0.3 is 14.9 Å². The van der Waals surface area contributed by atoms with Crippen LogP contribution in [-0.2, 0) is 11.2 Å². The third-order valence-electron chi connectivity index (χ3n) is 4.49. The molecule has 1 aliphatic heterocycles. The normalized spacial score (nSPS) is 30.4. The number of likely N-dealkylation sites (tertiary alicyclic amines) is 1. The average Bonchev–Trinajstić information content (AvgIpc) is 2.83. The van der Waals surface area contributed by atoms with Gasteiger partial charge in [-0.1, -0.05) is 24.3 Å². The highest BCUT2D eigenvalue weighted by molar-refractivity contribution is 5.35. The lowest BCUT2D eigenvalue weighted by Crippen LogP contribution is -2.47. The van der Waals surface area contributed by atoms with Crippen LogP contribution in [0.1, 0.15) is 30.1 Å². The lowest BCUT2D eigenvalue weighted by Gasteiger charge is -2.37. The first-order chi connectivity index (χ1) is 9.79. The van der Waals surface area contributed by atoms with Gasteiger partial charge in [-0.3, -0.25) is 4.90 Å². The van der Waals surface area contributed by atoms with E-state index in [9.17, 15) is 5.11 Å². The number of ether oxygens (including phenoxy) is 1. The molecule has 20 heavy (non-hydrogen) atoms. The van der Waals surface area contributed by atoms with Crippen molar-refractivity contribution in [3.05, 3.63) is 35.4 Å². The third kappa shape index (κ3) is 2.74. The van der Waals surface area contributed by atoms with Gasteiger partial charge in [0, 0.05) is 12.6 Å². The Morgan fingerprint density at radius 1 is 1.30 bits per heavy atom. The van der Waals surface area contributed by atoms with E-state index >= 15 is 0 Å². The van der Waals surface area contributed by atoms with Gasteiger partial charge in [0.05, 0.1) is 25.4 Å². The Morgan fingerprint density at radius 2 is 2.15 bits per heavy atom. The number of hydrogen-bond donors (Lipinski definition) is 2. The van der Waals surface area contributed by atoms with Gasteiger partial charge in [0.2, 0.25) is 0 Å². The monoisotopic (exact) mass is 277 g/mol. The summed E-state index contributed by atoms with van der Waals surface area (Å²) in [5, 5.41) is 19.4. The molecule has 4 heteroatoms. The Kier molecular flexibility index (Phi) is 4.36. The summed E-state index contributed by atoms with van der Waals surface area (Å²) >= 11 is 0. The molecule has 1 saturated heterocycles. The zero-order valence-corrected chi connectivity index (χ0v) is 11.7. The summed E-state index contributed by atoms with van der Waals surface area (Å²) in [7, 11) is 0. The highest BCUT2D eigenvalue weighted by Gasteiger charge is 2.36. The topological polar surface area (TPSA) is 52.9 Å². The van der Waals surface area contributed by atoms with Crippen LogP contribution < -0.4 is 0 Å². The number of aliphatic hydroxyl groups is 2. The molecule has 1 aliphatic carbocycles. The van der Waals surface area contributed by atoms with Crippen LogP contribution in [0, 0.1) is 0 Å². The fourth-order valence-electron chi connectivity index (χ4n) is 3.50. The Bertz CT molecular complexity index is 451. The molecule has 1 aromatic rings. The van der Waals surface area contributed by atoms with Gasteiger partial charge in [0.1, 0.15) is 0 Å². The van der Waals surface area contributed by atoms with Crippen molar-refractivity contribution >= 4 is 0 Å². The first kappa shape index (κ1) is 14.0. The molecule has 0 spiro atoms. The Morgan fingerprint density at radius 3 is 2.95 bits per heavy atom. The molecule has 110 valence electrons. The Labute approximate surface area is 120 Å². The highest BCUT2D eigenvalue weighted by Crippen LogP contribution is 2.35. The second kappa shape index (κ2) is 6.22. The van der Waals surface area contributed by atoms with Gasteiger partial charge in [-0.15, -0.1) is 0 Å². The number of nitrogens with zero attached hydrogens (tertiary/aromatic N) is 1. The number of piperidine rings is 1.